The third kappa shape index (κ3) is 10.6. The lowest BCUT2D eigenvalue weighted by Crippen LogP contribution is -2.53. The van der Waals surface area contributed by atoms with Crippen molar-refractivity contribution in [1.82, 2.24) is 10.2 Å². The Kier molecular flexibility index (Phi) is 12.5. The number of fused-ring (bicyclic) bond motifs is 1. The number of hydrogen-bond acceptors (Lipinski definition) is 5. The number of aryl methyl sites for hydroxylation is 2. The molecule has 0 spiro atoms. The van der Waals surface area contributed by atoms with Crippen LogP contribution in [0.5, 0.6) is 0 Å². The third-order valence-corrected chi connectivity index (χ3v) is 7.50. The lowest BCUT2D eigenvalue weighted by Gasteiger charge is -2.35. The van der Waals surface area contributed by atoms with Crippen LogP contribution in [0.25, 0.3) is 10.8 Å². The molecule has 242 valence electrons. The number of primary amides is 1. The summed E-state index contributed by atoms with van der Waals surface area (Å²) >= 11 is 0. The summed E-state index contributed by atoms with van der Waals surface area (Å²) in [4.78, 5) is 55.0. The molecule has 0 saturated carbocycles. The Bertz CT molecular complexity index is 1500. The van der Waals surface area contributed by atoms with Gasteiger partial charge in [0.2, 0.25) is 11.8 Å². The summed E-state index contributed by atoms with van der Waals surface area (Å²) in [5.74, 6) is -1.47. The van der Waals surface area contributed by atoms with Gasteiger partial charge in [-0.05, 0) is 81.5 Å². The molecule has 3 rings (SSSR count). The molecule has 9 heteroatoms. The highest BCUT2D eigenvalue weighted by Crippen LogP contribution is 2.29. The second-order valence-corrected chi connectivity index (χ2v) is 12.6. The minimum atomic E-state index is -1.14. The van der Waals surface area contributed by atoms with Crippen molar-refractivity contribution < 1.29 is 23.9 Å². The highest BCUT2D eigenvalue weighted by Gasteiger charge is 2.37. The number of nitrogens with two attached hydrogens (primary N) is 1. The molecule has 0 aliphatic heterocycles. The van der Waals surface area contributed by atoms with Crippen molar-refractivity contribution in [2.24, 2.45) is 5.73 Å². The zero-order valence-corrected chi connectivity index (χ0v) is 27.4. The summed E-state index contributed by atoms with van der Waals surface area (Å²) in [7, 11) is 0. The zero-order valence-electron chi connectivity index (χ0n) is 27.4. The van der Waals surface area contributed by atoms with Crippen molar-refractivity contribution in [3.63, 3.8) is 0 Å². The van der Waals surface area contributed by atoms with Crippen molar-refractivity contribution in [2.75, 3.05) is 11.9 Å². The first-order chi connectivity index (χ1) is 21.3. The van der Waals surface area contributed by atoms with Crippen molar-refractivity contribution in [3.05, 3.63) is 77.4 Å². The van der Waals surface area contributed by atoms with E-state index >= 15 is 0 Å². The van der Waals surface area contributed by atoms with Crippen LogP contribution in [0.3, 0.4) is 0 Å². The lowest BCUT2D eigenvalue weighted by atomic mass is 9.95. The molecular formula is C36H48N4O5. The molecule has 0 fully saturated rings. The first-order valence-electron chi connectivity index (χ1n) is 15.7. The molecule has 45 heavy (non-hydrogen) atoms. The van der Waals surface area contributed by atoms with Gasteiger partial charge in [0, 0.05) is 18.7 Å². The molecule has 4 amide bonds. The van der Waals surface area contributed by atoms with Gasteiger partial charge in [0.15, 0.2) is 0 Å². The van der Waals surface area contributed by atoms with E-state index in [0.717, 1.165) is 41.2 Å². The normalized spacial score (nSPS) is 12.7. The highest BCUT2D eigenvalue weighted by atomic mass is 16.6. The number of hydrogen-bond donors (Lipinski definition) is 3. The summed E-state index contributed by atoms with van der Waals surface area (Å²) in [6.45, 7) is 11.4. The fourth-order valence-corrected chi connectivity index (χ4v) is 5.33. The molecule has 0 aliphatic carbocycles. The van der Waals surface area contributed by atoms with Crippen LogP contribution in [-0.2, 0) is 19.1 Å². The number of nitrogens with zero attached hydrogens (tertiary/aromatic N) is 1. The number of benzene rings is 3. The SMILES string of the molecule is CCCCCCN(C(=O)C(CCC(N)=O)NC(=O)OC(C)(C)C)C(C(=O)Nc1ccc2ccccc2c1)c1ccc(C)cc1C. The minimum Gasteiger partial charge on any atom is -0.444 e. The fraction of sp³-hybridized carbons (Fsp3) is 0.444. The van der Waals surface area contributed by atoms with Crippen molar-refractivity contribution in [2.45, 2.75) is 97.8 Å². The van der Waals surface area contributed by atoms with Crippen LogP contribution < -0.4 is 16.4 Å². The van der Waals surface area contributed by atoms with E-state index < -0.39 is 35.6 Å². The zero-order chi connectivity index (χ0) is 33.1. The van der Waals surface area contributed by atoms with E-state index in [2.05, 4.69) is 17.6 Å². The van der Waals surface area contributed by atoms with Gasteiger partial charge in [-0.15, -0.1) is 0 Å². The number of anilines is 1. The molecule has 0 aromatic heterocycles. The van der Waals surface area contributed by atoms with Gasteiger partial charge in [0.1, 0.15) is 17.7 Å². The molecule has 0 heterocycles. The largest absolute Gasteiger partial charge is 0.444 e. The number of amides is 4. The van der Waals surface area contributed by atoms with Gasteiger partial charge < -0.3 is 26.0 Å². The summed E-state index contributed by atoms with van der Waals surface area (Å²) in [6, 6.07) is 17.2. The molecule has 3 aromatic rings. The standard InChI is InChI=1S/C36H48N4O5/c1-7-8-9-12-21-40(34(43)30(19-20-31(37)41)39-35(44)45-36(4,5)6)32(29-18-15-24(2)22-25(29)3)33(42)38-28-17-16-26-13-10-11-14-27(26)23-28/h10-11,13-18,22-23,30,32H,7-9,12,19-21H2,1-6H3,(H2,37,41)(H,38,42)(H,39,44). The van der Waals surface area contributed by atoms with Gasteiger partial charge in [-0.2, -0.15) is 0 Å². The Labute approximate surface area is 266 Å². The fourth-order valence-electron chi connectivity index (χ4n) is 5.33. The van der Waals surface area contributed by atoms with E-state index in [-0.39, 0.29) is 25.3 Å². The lowest BCUT2D eigenvalue weighted by molar-refractivity contribution is -0.141. The molecule has 9 nitrogen and oxygen atoms in total. The predicted octanol–water partition coefficient (Wildman–Crippen LogP) is 6.70. The van der Waals surface area contributed by atoms with Crippen LogP contribution in [0.2, 0.25) is 0 Å². The Balaban J connectivity index is 2.07. The van der Waals surface area contributed by atoms with Gasteiger partial charge in [0.25, 0.3) is 5.91 Å². The second-order valence-electron chi connectivity index (χ2n) is 12.6. The number of ether oxygens (including phenoxy) is 1. The second kappa shape index (κ2) is 16.1. The summed E-state index contributed by atoms with van der Waals surface area (Å²) in [5.41, 5.74) is 7.80. The van der Waals surface area contributed by atoms with Gasteiger partial charge in [0.05, 0.1) is 0 Å². The predicted molar refractivity (Wildman–Crippen MR) is 179 cm³/mol. The molecule has 3 aromatic carbocycles. The number of rotatable bonds is 14. The molecule has 0 radical (unpaired) electrons. The van der Waals surface area contributed by atoms with Crippen LogP contribution in [-0.4, -0.2) is 46.9 Å². The van der Waals surface area contributed by atoms with Crippen molar-refractivity contribution in [1.29, 1.82) is 0 Å². The maximum Gasteiger partial charge on any atom is 0.408 e. The van der Waals surface area contributed by atoms with Crippen LogP contribution in [0.15, 0.2) is 60.7 Å². The number of unbranched alkanes of at least 4 members (excludes halogenated alkanes) is 3. The number of carbonyl (C=O) groups is 4. The number of nitrogens with one attached hydrogen (secondary N) is 2. The Hall–Kier alpha value is -4.40. The third-order valence-electron chi connectivity index (χ3n) is 7.50. The van der Waals surface area contributed by atoms with Crippen LogP contribution in [0, 0.1) is 13.8 Å². The van der Waals surface area contributed by atoms with Crippen LogP contribution >= 0.6 is 0 Å². The molecular weight excluding hydrogens is 568 g/mol. The van der Waals surface area contributed by atoms with Gasteiger partial charge in [-0.1, -0.05) is 80.3 Å². The van der Waals surface area contributed by atoms with E-state index in [1.54, 1.807) is 20.8 Å². The summed E-state index contributed by atoms with van der Waals surface area (Å²) in [6.07, 6.45) is 2.52. The molecule has 0 bridgehead atoms. The van der Waals surface area contributed by atoms with E-state index in [1.807, 2.05) is 74.5 Å². The van der Waals surface area contributed by atoms with E-state index in [0.29, 0.717) is 17.7 Å². The van der Waals surface area contributed by atoms with Crippen molar-refractivity contribution in [3.8, 4) is 0 Å². The van der Waals surface area contributed by atoms with Gasteiger partial charge in [-0.25, -0.2) is 4.79 Å². The topological polar surface area (TPSA) is 131 Å². The number of alkyl carbamates (subject to hydrolysis) is 1. The Morgan fingerprint density at radius 1 is 0.911 bits per heavy atom. The Morgan fingerprint density at radius 3 is 2.27 bits per heavy atom. The first-order valence-corrected chi connectivity index (χ1v) is 15.7. The summed E-state index contributed by atoms with van der Waals surface area (Å²) in [5, 5.41) is 7.72. The van der Waals surface area contributed by atoms with Gasteiger partial charge in [-0.3, -0.25) is 14.4 Å². The molecule has 0 saturated heterocycles. The Morgan fingerprint density at radius 2 is 1.62 bits per heavy atom. The van der Waals surface area contributed by atoms with Crippen LogP contribution in [0.1, 0.15) is 89.0 Å². The molecule has 0 aliphatic rings. The molecule has 2 atom stereocenters. The smallest absolute Gasteiger partial charge is 0.408 e. The van der Waals surface area contributed by atoms with E-state index in [1.165, 1.54) is 4.90 Å². The maximum absolute atomic E-state index is 14.5. The molecule has 2 unspecified atom stereocenters. The first kappa shape index (κ1) is 35.1. The van der Waals surface area contributed by atoms with E-state index in [9.17, 15) is 19.2 Å². The minimum absolute atomic E-state index is 0.0369. The monoisotopic (exact) mass is 616 g/mol. The van der Waals surface area contributed by atoms with Crippen LogP contribution in [0.4, 0.5) is 10.5 Å². The summed E-state index contributed by atoms with van der Waals surface area (Å²) < 4.78 is 5.44. The molecule has 4 N–H and O–H groups in total. The van der Waals surface area contributed by atoms with Gasteiger partial charge >= 0.3 is 6.09 Å². The average molecular weight is 617 g/mol. The van der Waals surface area contributed by atoms with Crippen molar-refractivity contribution >= 4 is 40.3 Å². The van der Waals surface area contributed by atoms with E-state index in [4.69, 9.17) is 10.5 Å². The number of carbonyl (C=O) groups excluding carboxylic acids is 4. The quantitative estimate of drug-likeness (QED) is 0.173. The maximum atomic E-state index is 14.5. The average Bonchev–Trinajstić information content (AvgIpc) is 2.96. The highest BCUT2D eigenvalue weighted by molar-refractivity contribution is 6.00.